The van der Waals surface area contributed by atoms with E-state index in [-0.39, 0.29) is 24.7 Å². The summed E-state index contributed by atoms with van der Waals surface area (Å²) < 4.78 is 1.59. The third-order valence-corrected chi connectivity index (χ3v) is 4.25. The molecule has 0 aliphatic rings. The fourth-order valence-corrected chi connectivity index (χ4v) is 2.58. The summed E-state index contributed by atoms with van der Waals surface area (Å²) in [7, 11) is 0. The number of aliphatic hydroxyl groups is 1. The van der Waals surface area contributed by atoms with Crippen molar-refractivity contribution in [3.8, 4) is 0 Å². The second kappa shape index (κ2) is 6.80. The third-order valence-electron chi connectivity index (χ3n) is 4.25. The number of aliphatic hydroxyl groups excluding tert-OH is 1. The van der Waals surface area contributed by atoms with Gasteiger partial charge >= 0.3 is 0 Å². The van der Waals surface area contributed by atoms with Crippen molar-refractivity contribution >= 4 is 22.5 Å². The standard InChI is InChI=1S/C20H21N3O3/c1-20(2,3)17(25)11-23-16-7-5-4-6-15(16)18(22-23)19(26)13-8-9-14(12-24)21-10-13/h4-10,24H,11-12H2,1-3H3. The van der Waals surface area contributed by atoms with Crippen LogP contribution in [-0.4, -0.2) is 31.4 Å². The maximum Gasteiger partial charge on any atom is 0.215 e. The number of rotatable bonds is 5. The van der Waals surface area contributed by atoms with Gasteiger partial charge in [-0.2, -0.15) is 5.10 Å². The van der Waals surface area contributed by atoms with Crippen LogP contribution in [0.2, 0.25) is 0 Å². The van der Waals surface area contributed by atoms with E-state index in [1.54, 1.807) is 16.8 Å². The molecule has 26 heavy (non-hydrogen) atoms. The van der Waals surface area contributed by atoms with Gasteiger partial charge in [0, 0.05) is 22.6 Å². The Labute approximate surface area is 151 Å². The Bertz CT molecular complexity index is 966. The molecule has 0 amide bonds. The SMILES string of the molecule is CC(C)(C)C(=O)Cn1nc(C(=O)c2ccc(CO)nc2)c2ccccc21. The van der Waals surface area contributed by atoms with Gasteiger partial charge in [-0.15, -0.1) is 0 Å². The van der Waals surface area contributed by atoms with Gasteiger partial charge in [0.2, 0.25) is 5.78 Å². The van der Waals surface area contributed by atoms with Gasteiger partial charge in [0.15, 0.2) is 5.78 Å². The molecule has 2 heterocycles. The van der Waals surface area contributed by atoms with Crippen molar-refractivity contribution in [2.75, 3.05) is 0 Å². The van der Waals surface area contributed by atoms with Crippen molar-refractivity contribution in [1.82, 2.24) is 14.8 Å². The molecule has 0 unspecified atom stereocenters. The summed E-state index contributed by atoms with van der Waals surface area (Å²) in [5.74, 6) is -0.223. The Hall–Kier alpha value is -2.86. The molecule has 2 aromatic heterocycles. The highest BCUT2D eigenvalue weighted by molar-refractivity contribution is 6.14. The largest absolute Gasteiger partial charge is 0.390 e. The molecule has 0 spiro atoms. The number of ketones is 2. The Morgan fingerprint density at radius 2 is 1.85 bits per heavy atom. The van der Waals surface area contributed by atoms with E-state index in [1.807, 2.05) is 45.0 Å². The second-order valence-electron chi connectivity index (χ2n) is 7.22. The van der Waals surface area contributed by atoms with Crippen LogP contribution in [0.1, 0.15) is 42.5 Å². The summed E-state index contributed by atoms with van der Waals surface area (Å²) >= 11 is 0. The first-order chi connectivity index (χ1) is 12.3. The fraction of sp³-hybridized carbons (Fsp3) is 0.300. The van der Waals surface area contributed by atoms with Gasteiger partial charge in [0.25, 0.3) is 0 Å². The Kier molecular flexibility index (Phi) is 4.70. The minimum atomic E-state index is -0.485. The van der Waals surface area contributed by atoms with Gasteiger partial charge in [0.1, 0.15) is 12.2 Å². The molecule has 3 aromatic rings. The molecule has 0 atom stereocenters. The summed E-state index contributed by atoms with van der Waals surface area (Å²) in [6.45, 7) is 5.52. The topological polar surface area (TPSA) is 85.1 Å². The predicted molar refractivity (Wildman–Crippen MR) is 97.8 cm³/mol. The van der Waals surface area contributed by atoms with E-state index in [9.17, 15) is 9.59 Å². The maximum atomic E-state index is 12.9. The number of carbonyl (C=O) groups excluding carboxylic acids is 2. The lowest BCUT2D eigenvalue weighted by Gasteiger charge is -2.16. The van der Waals surface area contributed by atoms with Gasteiger partial charge in [-0.05, 0) is 18.2 Å². The number of hydrogen-bond donors (Lipinski definition) is 1. The fourth-order valence-electron chi connectivity index (χ4n) is 2.58. The number of hydrogen-bond acceptors (Lipinski definition) is 5. The summed E-state index contributed by atoms with van der Waals surface area (Å²) in [5.41, 5.74) is 1.43. The van der Waals surface area contributed by atoms with Gasteiger partial charge in [-0.3, -0.25) is 19.3 Å². The van der Waals surface area contributed by atoms with Crippen LogP contribution in [0.15, 0.2) is 42.6 Å². The van der Waals surface area contributed by atoms with Crippen molar-refractivity contribution in [2.45, 2.75) is 33.9 Å². The second-order valence-corrected chi connectivity index (χ2v) is 7.22. The first-order valence-electron chi connectivity index (χ1n) is 8.40. The molecular formula is C20H21N3O3. The third kappa shape index (κ3) is 3.41. The molecule has 6 nitrogen and oxygen atoms in total. The van der Waals surface area contributed by atoms with Gasteiger partial charge in [-0.1, -0.05) is 39.0 Å². The minimum absolute atomic E-state index is 0.0405. The van der Waals surface area contributed by atoms with Crippen LogP contribution in [0.5, 0.6) is 0 Å². The summed E-state index contributed by atoms with van der Waals surface area (Å²) in [6, 6.07) is 10.6. The quantitative estimate of drug-likeness (QED) is 0.715. The van der Waals surface area contributed by atoms with Crippen molar-refractivity contribution in [1.29, 1.82) is 0 Å². The van der Waals surface area contributed by atoms with Gasteiger partial charge < -0.3 is 5.11 Å². The lowest BCUT2D eigenvalue weighted by Crippen LogP contribution is -2.25. The maximum absolute atomic E-state index is 12.9. The number of nitrogens with zero attached hydrogens (tertiary/aromatic N) is 3. The molecule has 134 valence electrons. The molecule has 0 saturated heterocycles. The molecule has 1 N–H and O–H groups in total. The van der Waals surface area contributed by atoms with E-state index in [2.05, 4.69) is 10.1 Å². The smallest absolute Gasteiger partial charge is 0.215 e. The zero-order valence-electron chi connectivity index (χ0n) is 15.1. The number of para-hydroxylation sites is 1. The molecule has 6 heteroatoms. The highest BCUT2D eigenvalue weighted by atomic mass is 16.3. The predicted octanol–water partition coefficient (Wildman–Crippen LogP) is 2.77. The Morgan fingerprint density at radius 1 is 1.12 bits per heavy atom. The van der Waals surface area contributed by atoms with Crippen LogP contribution in [0.4, 0.5) is 0 Å². The van der Waals surface area contributed by atoms with Gasteiger partial charge in [-0.25, -0.2) is 0 Å². The van der Waals surface area contributed by atoms with E-state index < -0.39 is 5.41 Å². The zero-order chi connectivity index (χ0) is 18.9. The van der Waals surface area contributed by atoms with E-state index in [0.717, 1.165) is 5.52 Å². The van der Waals surface area contributed by atoms with Crippen molar-refractivity contribution < 1.29 is 14.7 Å². The van der Waals surface area contributed by atoms with Crippen LogP contribution in [0, 0.1) is 5.41 Å². The molecule has 0 fully saturated rings. The summed E-state index contributed by atoms with van der Waals surface area (Å²) in [6.07, 6.45) is 1.43. The Morgan fingerprint density at radius 3 is 2.46 bits per heavy atom. The van der Waals surface area contributed by atoms with E-state index in [1.165, 1.54) is 6.20 Å². The number of benzene rings is 1. The number of fused-ring (bicyclic) bond motifs is 1. The number of aromatic nitrogens is 3. The molecule has 0 bridgehead atoms. The summed E-state index contributed by atoms with van der Waals surface area (Å²) in [4.78, 5) is 29.4. The van der Waals surface area contributed by atoms with Crippen LogP contribution in [0.3, 0.4) is 0 Å². The first kappa shape index (κ1) is 17.9. The van der Waals surface area contributed by atoms with E-state index in [0.29, 0.717) is 22.3 Å². The van der Waals surface area contributed by atoms with Gasteiger partial charge in [0.05, 0.1) is 17.8 Å². The Balaban J connectivity index is 2.03. The zero-order valence-corrected chi connectivity index (χ0v) is 15.1. The number of carbonyl (C=O) groups is 2. The monoisotopic (exact) mass is 351 g/mol. The summed E-state index contributed by atoms with van der Waals surface area (Å²) in [5, 5.41) is 14.2. The number of Topliss-reactive ketones (excluding diaryl/α,β-unsaturated/α-hetero) is 1. The highest BCUT2D eigenvalue weighted by Crippen LogP contribution is 2.23. The van der Waals surface area contributed by atoms with Crippen LogP contribution in [-0.2, 0) is 17.9 Å². The lowest BCUT2D eigenvalue weighted by atomic mass is 9.91. The first-order valence-corrected chi connectivity index (χ1v) is 8.40. The lowest BCUT2D eigenvalue weighted by molar-refractivity contribution is -0.127. The molecule has 0 aliphatic carbocycles. The molecule has 0 saturated carbocycles. The van der Waals surface area contributed by atoms with Crippen LogP contribution < -0.4 is 0 Å². The van der Waals surface area contributed by atoms with E-state index in [4.69, 9.17) is 5.11 Å². The van der Waals surface area contributed by atoms with Crippen LogP contribution in [0.25, 0.3) is 10.9 Å². The minimum Gasteiger partial charge on any atom is -0.390 e. The van der Waals surface area contributed by atoms with Crippen molar-refractivity contribution in [3.05, 3.63) is 59.5 Å². The molecule has 1 aromatic carbocycles. The average Bonchev–Trinajstić information content (AvgIpc) is 2.99. The average molecular weight is 351 g/mol. The van der Waals surface area contributed by atoms with Crippen molar-refractivity contribution in [3.63, 3.8) is 0 Å². The normalized spacial score (nSPS) is 11.7. The van der Waals surface area contributed by atoms with E-state index >= 15 is 0 Å². The van der Waals surface area contributed by atoms with Crippen LogP contribution >= 0.6 is 0 Å². The molecule has 0 radical (unpaired) electrons. The molecule has 3 rings (SSSR count). The highest BCUT2D eigenvalue weighted by Gasteiger charge is 2.24. The molecular weight excluding hydrogens is 330 g/mol. The molecule has 0 aliphatic heterocycles. The number of pyridine rings is 1. The van der Waals surface area contributed by atoms with Crippen molar-refractivity contribution in [2.24, 2.45) is 5.41 Å².